The van der Waals surface area contributed by atoms with Crippen LogP contribution in [0.25, 0.3) is 0 Å². The van der Waals surface area contributed by atoms with Crippen LogP contribution in [0.2, 0.25) is 0 Å². The number of carbonyl (C=O) groups is 1. The van der Waals surface area contributed by atoms with Crippen molar-refractivity contribution in [3.63, 3.8) is 0 Å². The topological polar surface area (TPSA) is 29.1 Å². The van der Waals surface area contributed by atoms with Gasteiger partial charge in [-0.05, 0) is 48.9 Å². The predicted octanol–water partition coefficient (Wildman–Crippen LogP) is 2.54. The summed E-state index contributed by atoms with van der Waals surface area (Å²) in [5, 5.41) is 2.99. The molecule has 2 aliphatic rings. The van der Waals surface area contributed by atoms with Gasteiger partial charge < -0.3 is 5.32 Å². The van der Waals surface area contributed by atoms with Crippen molar-refractivity contribution in [2.24, 2.45) is 0 Å². The van der Waals surface area contributed by atoms with E-state index in [1.165, 1.54) is 11.1 Å². The van der Waals surface area contributed by atoms with E-state index in [9.17, 15) is 4.79 Å². The highest BCUT2D eigenvalue weighted by Crippen LogP contribution is 2.43. The summed E-state index contributed by atoms with van der Waals surface area (Å²) >= 11 is 3.51. The van der Waals surface area contributed by atoms with Crippen LogP contribution in [-0.4, -0.2) is 12.5 Å². The highest BCUT2D eigenvalue weighted by Gasteiger charge is 2.46. The Morgan fingerprint density at radius 1 is 1.31 bits per heavy atom. The van der Waals surface area contributed by atoms with E-state index in [0.717, 1.165) is 36.7 Å². The first-order valence-electron chi connectivity index (χ1n) is 5.80. The van der Waals surface area contributed by atoms with Gasteiger partial charge in [0, 0.05) is 11.0 Å². The molecule has 0 bridgehead atoms. The number of hydrogen-bond acceptors (Lipinski definition) is 1. The third-order valence-corrected chi connectivity index (χ3v) is 4.40. The molecule has 1 N–H and O–H groups in total. The van der Waals surface area contributed by atoms with Gasteiger partial charge in [0.15, 0.2) is 0 Å². The number of benzene rings is 1. The summed E-state index contributed by atoms with van der Waals surface area (Å²) < 4.78 is 1.08. The van der Waals surface area contributed by atoms with Crippen molar-refractivity contribution in [2.75, 3.05) is 6.54 Å². The lowest BCUT2D eigenvalue weighted by Crippen LogP contribution is -2.38. The van der Waals surface area contributed by atoms with Gasteiger partial charge in [0.25, 0.3) is 0 Å². The summed E-state index contributed by atoms with van der Waals surface area (Å²) in [7, 11) is 0. The average molecular weight is 280 g/mol. The summed E-state index contributed by atoms with van der Waals surface area (Å²) in [6.07, 6.45) is 4.19. The molecule has 3 heteroatoms. The van der Waals surface area contributed by atoms with Crippen LogP contribution in [0.5, 0.6) is 0 Å². The van der Waals surface area contributed by atoms with Crippen molar-refractivity contribution in [1.29, 1.82) is 0 Å². The highest BCUT2D eigenvalue weighted by atomic mass is 79.9. The lowest BCUT2D eigenvalue weighted by Gasteiger charge is -2.33. The molecule has 0 aromatic heterocycles. The third-order valence-electron chi connectivity index (χ3n) is 3.91. The highest BCUT2D eigenvalue weighted by molar-refractivity contribution is 9.10. The Morgan fingerprint density at radius 3 is 2.94 bits per heavy atom. The fourth-order valence-electron chi connectivity index (χ4n) is 3.10. The first kappa shape index (κ1) is 10.3. The maximum atomic E-state index is 12.1. The van der Waals surface area contributed by atoms with Crippen molar-refractivity contribution in [1.82, 2.24) is 5.32 Å². The normalized spacial score (nSPS) is 27.9. The minimum absolute atomic E-state index is 0.225. The molecule has 3 rings (SSSR count). The Kier molecular flexibility index (Phi) is 2.32. The van der Waals surface area contributed by atoms with Crippen molar-refractivity contribution in [3.05, 3.63) is 33.8 Å². The van der Waals surface area contributed by atoms with E-state index in [1.807, 2.05) is 0 Å². The molecule has 2 nitrogen and oxygen atoms in total. The van der Waals surface area contributed by atoms with Gasteiger partial charge in [-0.2, -0.15) is 0 Å². The van der Waals surface area contributed by atoms with Crippen LogP contribution in [0.1, 0.15) is 30.4 Å². The maximum absolute atomic E-state index is 12.1. The van der Waals surface area contributed by atoms with Crippen molar-refractivity contribution in [2.45, 2.75) is 31.1 Å². The molecular weight excluding hydrogens is 266 g/mol. The molecule has 1 unspecified atom stereocenters. The quantitative estimate of drug-likeness (QED) is 0.777. The van der Waals surface area contributed by atoms with E-state index < -0.39 is 0 Å². The monoisotopic (exact) mass is 279 g/mol. The van der Waals surface area contributed by atoms with E-state index in [2.05, 4.69) is 39.4 Å². The predicted molar refractivity (Wildman–Crippen MR) is 66.4 cm³/mol. The van der Waals surface area contributed by atoms with Crippen molar-refractivity contribution in [3.8, 4) is 0 Å². The molecule has 1 aliphatic carbocycles. The minimum Gasteiger partial charge on any atom is -0.355 e. The molecule has 1 aromatic carbocycles. The summed E-state index contributed by atoms with van der Waals surface area (Å²) in [5.74, 6) is 0.228. The second-order valence-electron chi connectivity index (χ2n) is 4.74. The molecule has 1 aromatic rings. The van der Waals surface area contributed by atoms with Crippen LogP contribution in [0, 0.1) is 0 Å². The molecule has 16 heavy (non-hydrogen) atoms. The van der Waals surface area contributed by atoms with Crippen LogP contribution in [0.3, 0.4) is 0 Å². The van der Waals surface area contributed by atoms with Crippen LogP contribution in [0.15, 0.2) is 22.7 Å². The Morgan fingerprint density at radius 2 is 2.19 bits per heavy atom. The van der Waals surface area contributed by atoms with Crippen LogP contribution in [-0.2, 0) is 16.6 Å². The van der Waals surface area contributed by atoms with Gasteiger partial charge >= 0.3 is 0 Å². The number of carbonyl (C=O) groups excluding carboxylic acids is 1. The van der Waals surface area contributed by atoms with Gasteiger partial charge in [-0.3, -0.25) is 4.79 Å². The van der Waals surface area contributed by atoms with Crippen molar-refractivity contribution < 1.29 is 4.79 Å². The SMILES string of the molecule is O=C1NCCC12CCCc1ccc(Br)cc12. The van der Waals surface area contributed by atoms with Gasteiger partial charge in [-0.1, -0.05) is 22.0 Å². The molecule has 0 saturated carbocycles. The molecule has 84 valence electrons. The van der Waals surface area contributed by atoms with Gasteiger partial charge in [0.2, 0.25) is 5.91 Å². The largest absolute Gasteiger partial charge is 0.355 e. The fraction of sp³-hybridized carbons (Fsp3) is 0.462. The second kappa shape index (κ2) is 3.59. The molecule has 1 fully saturated rings. The molecule has 1 atom stereocenters. The number of rotatable bonds is 0. The zero-order valence-corrected chi connectivity index (χ0v) is 10.6. The molecule has 1 saturated heterocycles. The van der Waals surface area contributed by atoms with E-state index in [1.54, 1.807) is 0 Å². The van der Waals surface area contributed by atoms with E-state index in [-0.39, 0.29) is 11.3 Å². The van der Waals surface area contributed by atoms with Crippen LogP contribution in [0.4, 0.5) is 0 Å². The molecular formula is C13H14BrNO. The summed E-state index contributed by atoms with van der Waals surface area (Å²) in [6, 6.07) is 6.37. The zero-order valence-electron chi connectivity index (χ0n) is 9.05. The van der Waals surface area contributed by atoms with Gasteiger partial charge in [-0.15, -0.1) is 0 Å². The lowest BCUT2D eigenvalue weighted by atomic mass is 9.69. The first-order valence-corrected chi connectivity index (χ1v) is 6.59. The van der Waals surface area contributed by atoms with E-state index in [0.29, 0.717) is 0 Å². The van der Waals surface area contributed by atoms with Crippen molar-refractivity contribution >= 4 is 21.8 Å². The molecule has 1 amide bonds. The van der Waals surface area contributed by atoms with Gasteiger partial charge in [0.05, 0.1) is 5.41 Å². The number of aryl methyl sites for hydroxylation is 1. The van der Waals surface area contributed by atoms with Gasteiger partial charge in [-0.25, -0.2) is 0 Å². The summed E-state index contributed by atoms with van der Waals surface area (Å²) in [6.45, 7) is 0.824. The Labute approximate surface area is 104 Å². The maximum Gasteiger partial charge on any atom is 0.230 e. The Balaban J connectivity index is 2.18. The number of nitrogens with one attached hydrogen (secondary N) is 1. The van der Waals surface area contributed by atoms with Gasteiger partial charge in [0.1, 0.15) is 0 Å². The van der Waals surface area contributed by atoms with E-state index >= 15 is 0 Å². The first-order chi connectivity index (χ1) is 7.72. The fourth-order valence-corrected chi connectivity index (χ4v) is 3.46. The standard InChI is InChI=1S/C13H14BrNO/c14-10-4-3-9-2-1-5-13(11(9)8-10)6-7-15-12(13)16/h3-4,8H,1-2,5-7H2,(H,15,16). The molecule has 1 spiro atoms. The number of halogens is 1. The third kappa shape index (κ3) is 1.34. The van der Waals surface area contributed by atoms with Crippen LogP contribution < -0.4 is 5.32 Å². The summed E-state index contributed by atoms with van der Waals surface area (Å²) in [4.78, 5) is 12.1. The smallest absolute Gasteiger partial charge is 0.230 e. The average Bonchev–Trinajstić information content (AvgIpc) is 2.63. The van der Waals surface area contributed by atoms with E-state index in [4.69, 9.17) is 0 Å². The Bertz CT molecular complexity index is 457. The van der Waals surface area contributed by atoms with Crippen LogP contribution >= 0.6 is 15.9 Å². The number of amides is 1. The molecule has 0 radical (unpaired) electrons. The summed E-state index contributed by atoms with van der Waals surface area (Å²) in [5.41, 5.74) is 2.38. The number of hydrogen-bond donors (Lipinski definition) is 1. The molecule has 1 aliphatic heterocycles. The minimum atomic E-state index is -0.225. The number of fused-ring (bicyclic) bond motifs is 2. The zero-order chi connectivity index (χ0) is 11.2. The lowest BCUT2D eigenvalue weighted by molar-refractivity contribution is -0.124. The Hall–Kier alpha value is -0.830. The molecule has 1 heterocycles. The second-order valence-corrected chi connectivity index (χ2v) is 5.66.